The maximum Gasteiger partial charge on any atom is 0.156 e. The second-order valence-corrected chi connectivity index (χ2v) is 5.61. The molecule has 2 nitrogen and oxygen atoms in total. The molecule has 1 aromatic carbocycles. The second-order valence-electron chi connectivity index (χ2n) is 3.64. The average molecular weight is 294 g/mol. The molecule has 1 rings (SSSR count). The van der Waals surface area contributed by atoms with Crippen molar-refractivity contribution >= 4 is 35.0 Å². The Hall–Kier alpha value is -0.0900. The number of rotatable bonds is 7. The molecule has 0 bridgehead atoms. The Morgan fingerprint density at radius 1 is 1.35 bits per heavy atom. The number of hydrogen-bond donors (Lipinski definition) is 1. The molecule has 1 atom stereocenters. The minimum absolute atomic E-state index is 0.268. The van der Waals surface area contributed by atoms with Crippen molar-refractivity contribution in [3.63, 3.8) is 0 Å². The van der Waals surface area contributed by atoms with Gasteiger partial charge in [0.05, 0.1) is 16.7 Å². The zero-order chi connectivity index (χ0) is 12.7. The van der Waals surface area contributed by atoms with Crippen molar-refractivity contribution in [2.45, 2.75) is 19.4 Å². The molecule has 0 aliphatic heterocycles. The summed E-state index contributed by atoms with van der Waals surface area (Å²) in [6.45, 7) is 2.68. The Bertz CT molecular complexity index is 329. The molecule has 0 fully saturated rings. The number of benzene rings is 1. The first kappa shape index (κ1) is 15.0. The first-order valence-electron chi connectivity index (χ1n) is 5.55. The van der Waals surface area contributed by atoms with E-state index in [1.54, 1.807) is 30.0 Å². The van der Waals surface area contributed by atoms with Crippen LogP contribution in [0.3, 0.4) is 0 Å². The van der Waals surface area contributed by atoms with E-state index in [0.717, 1.165) is 17.9 Å². The molecule has 0 amide bonds. The third-order valence-electron chi connectivity index (χ3n) is 2.25. The molecule has 17 heavy (non-hydrogen) atoms. The Morgan fingerprint density at radius 2 is 2.00 bits per heavy atom. The van der Waals surface area contributed by atoms with Crippen LogP contribution in [0.5, 0.6) is 5.75 Å². The van der Waals surface area contributed by atoms with Crippen LogP contribution in [-0.4, -0.2) is 24.2 Å². The molecule has 0 aliphatic rings. The SMILES string of the molecule is CCC(N)CSCCOc1c(Cl)cccc1Cl. The molecular formula is C12H17Cl2NOS. The number of nitrogens with two attached hydrogens (primary N) is 1. The van der Waals surface area contributed by atoms with Gasteiger partial charge in [0.25, 0.3) is 0 Å². The highest BCUT2D eigenvalue weighted by Crippen LogP contribution is 2.32. The predicted octanol–water partition coefficient (Wildman–Crippen LogP) is 3.84. The van der Waals surface area contributed by atoms with E-state index in [1.807, 2.05) is 0 Å². The van der Waals surface area contributed by atoms with Gasteiger partial charge in [-0.15, -0.1) is 0 Å². The van der Waals surface area contributed by atoms with E-state index in [9.17, 15) is 0 Å². The molecule has 0 radical (unpaired) electrons. The van der Waals surface area contributed by atoms with Crippen molar-refractivity contribution in [2.24, 2.45) is 5.73 Å². The summed E-state index contributed by atoms with van der Waals surface area (Å²) in [6.07, 6.45) is 1.00. The first-order chi connectivity index (χ1) is 8.15. The normalized spacial score (nSPS) is 12.5. The van der Waals surface area contributed by atoms with Gasteiger partial charge in [0.2, 0.25) is 0 Å². The molecule has 0 saturated heterocycles. The third-order valence-corrected chi connectivity index (χ3v) is 3.96. The fourth-order valence-corrected chi connectivity index (χ4v) is 2.59. The van der Waals surface area contributed by atoms with Crippen molar-refractivity contribution in [1.29, 1.82) is 0 Å². The van der Waals surface area contributed by atoms with Crippen LogP contribution in [0.2, 0.25) is 10.0 Å². The average Bonchev–Trinajstić information content (AvgIpc) is 2.31. The number of halogens is 2. The van der Waals surface area contributed by atoms with Crippen molar-refractivity contribution in [1.82, 2.24) is 0 Å². The van der Waals surface area contributed by atoms with Gasteiger partial charge in [0, 0.05) is 17.5 Å². The predicted molar refractivity (Wildman–Crippen MR) is 77.5 cm³/mol. The summed E-state index contributed by atoms with van der Waals surface area (Å²) < 4.78 is 5.56. The van der Waals surface area contributed by atoms with Crippen LogP contribution in [-0.2, 0) is 0 Å². The minimum atomic E-state index is 0.268. The van der Waals surface area contributed by atoms with E-state index in [1.165, 1.54) is 0 Å². The Kier molecular flexibility index (Phi) is 7.12. The first-order valence-corrected chi connectivity index (χ1v) is 7.46. The fourth-order valence-electron chi connectivity index (χ4n) is 1.18. The van der Waals surface area contributed by atoms with E-state index < -0.39 is 0 Å². The Labute approximate surface area is 117 Å². The number of thioether (sulfide) groups is 1. The van der Waals surface area contributed by atoms with Crippen LogP contribution >= 0.6 is 35.0 Å². The fraction of sp³-hybridized carbons (Fsp3) is 0.500. The topological polar surface area (TPSA) is 35.2 Å². The lowest BCUT2D eigenvalue weighted by molar-refractivity contribution is 0.344. The molecule has 0 spiro atoms. The summed E-state index contributed by atoms with van der Waals surface area (Å²) in [7, 11) is 0. The smallest absolute Gasteiger partial charge is 0.156 e. The largest absolute Gasteiger partial charge is 0.490 e. The minimum Gasteiger partial charge on any atom is -0.490 e. The van der Waals surface area contributed by atoms with Crippen LogP contribution in [0, 0.1) is 0 Å². The summed E-state index contributed by atoms with van der Waals surface area (Å²) >= 11 is 13.7. The van der Waals surface area contributed by atoms with Crippen molar-refractivity contribution in [3.8, 4) is 5.75 Å². The summed E-state index contributed by atoms with van der Waals surface area (Å²) in [4.78, 5) is 0. The van der Waals surface area contributed by atoms with E-state index in [-0.39, 0.29) is 6.04 Å². The zero-order valence-electron chi connectivity index (χ0n) is 9.79. The van der Waals surface area contributed by atoms with Gasteiger partial charge in [-0.05, 0) is 18.6 Å². The lowest BCUT2D eigenvalue weighted by atomic mass is 10.3. The highest BCUT2D eigenvalue weighted by Gasteiger charge is 2.06. The van der Waals surface area contributed by atoms with E-state index in [0.29, 0.717) is 22.4 Å². The molecule has 0 aliphatic carbocycles. The molecule has 0 heterocycles. The lowest BCUT2D eigenvalue weighted by Crippen LogP contribution is -2.21. The number of ether oxygens (including phenoxy) is 1. The van der Waals surface area contributed by atoms with Gasteiger partial charge in [0.1, 0.15) is 0 Å². The zero-order valence-corrected chi connectivity index (χ0v) is 12.1. The standard InChI is InChI=1S/C12H17Cl2NOS/c1-2-9(15)8-17-7-6-16-12-10(13)4-3-5-11(12)14/h3-5,9H,2,6-8,15H2,1H3. The quantitative estimate of drug-likeness (QED) is 0.776. The monoisotopic (exact) mass is 293 g/mol. The molecule has 1 aromatic rings. The van der Waals surface area contributed by atoms with E-state index in [4.69, 9.17) is 33.7 Å². The van der Waals surface area contributed by atoms with Gasteiger partial charge < -0.3 is 10.5 Å². The van der Waals surface area contributed by atoms with Gasteiger partial charge in [-0.1, -0.05) is 36.2 Å². The van der Waals surface area contributed by atoms with Gasteiger partial charge >= 0.3 is 0 Å². The highest BCUT2D eigenvalue weighted by atomic mass is 35.5. The van der Waals surface area contributed by atoms with Crippen molar-refractivity contribution < 1.29 is 4.74 Å². The molecular weight excluding hydrogens is 277 g/mol. The Morgan fingerprint density at radius 3 is 2.59 bits per heavy atom. The van der Waals surface area contributed by atoms with Crippen LogP contribution in [0.25, 0.3) is 0 Å². The van der Waals surface area contributed by atoms with Crippen LogP contribution in [0.15, 0.2) is 18.2 Å². The molecule has 0 saturated carbocycles. The van der Waals surface area contributed by atoms with Gasteiger partial charge in [-0.3, -0.25) is 0 Å². The van der Waals surface area contributed by atoms with E-state index >= 15 is 0 Å². The summed E-state index contributed by atoms with van der Waals surface area (Å²) in [5.41, 5.74) is 5.81. The highest BCUT2D eigenvalue weighted by molar-refractivity contribution is 7.99. The molecule has 2 N–H and O–H groups in total. The lowest BCUT2D eigenvalue weighted by Gasteiger charge is -2.11. The van der Waals surface area contributed by atoms with Crippen LogP contribution < -0.4 is 10.5 Å². The summed E-state index contributed by atoms with van der Waals surface area (Å²) in [5, 5.41) is 1.10. The molecule has 5 heteroatoms. The summed E-state index contributed by atoms with van der Waals surface area (Å²) in [6, 6.07) is 5.60. The second kappa shape index (κ2) is 8.09. The van der Waals surface area contributed by atoms with Gasteiger partial charge in [-0.2, -0.15) is 11.8 Å². The van der Waals surface area contributed by atoms with Crippen LogP contribution in [0.4, 0.5) is 0 Å². The van der Waals surface area contributed by atoms with Gasteiger partial charge in [0.15, 0.2) is 5.75 Å². The maximum atomic E-state index is 5.98. The van der Waals surface area contributed by atoms with Crippen LogP contribution in [0.1, 0.15) is 13.3 Å². The maximum absolute atomic E-state index is 5.98. The van der Waals surface area contributed by atoms with Crippen molar-refractivity contribution in [2.75, 3.05) is 18.1 Å². The summed E-state index contributed by atoms with van der Waals surface area (Å²) in [5.74, 6) is 2.40. The molecule has 1 unspecified atom stereocenters. The number of para-hydroxylation sites is 1. The Balaban J connectivity index is 2.27. The molecule has 0 aromatic heterocycles. The van der Waals surface area contributed by atoms with E-state index in [2.05, 4.69) is 6.92 Å². The molecule has 96 valence electrons. The van der Waals surface area contributed by atoms with Gasteiger partial charge in [-0.25, -0.2) is 0 Å². The number of hydrogen-bond acceptors (Lipinski definition) is 3. The third kappa shape index (κ3) is 5.38. The van der Waals surface area contributed by atoms with Crippen molar-refractivity contribution in [3.05, 3.63) is 28.2 Å².